The van der Waals surface area contributed by atoms with Gasteiger partial charge in [0.05, 0.1) is 24.8 Å². The van der Waals surface area contributed by atoms with Crippen molar-refractivity contribution in [1.82, 2.24) is 10.6 Å². The van der Waals surface area contributed by atoms with E-state index >= 15 is 0 Å². The lowest BCUT2D eigenvalue weighted by Gasteiger charge is -2.35. The van der Waals surface area contributed by atoms with Crippen molar-refractivity contribution < 1.29 is 18.7 Å². The molecule has 172 valence electrons. The number of amides is 2. The van der Waals surface area contributed by atoms with Crippen LogP contribution in [0.25, 0.3) is 0 Å². The third-order valence-electron chi connectivity index (χ3n) is 5.37. The van der Waals surface area contributed by atoms with Gasteiger partial charge in [-0.25, -0.2) is 4.39 Å². The quantitative estimate of drug-likeness (QED) is 0.527. The number of fused-ring (bicyclic) bond motifs is 1. The molecule has 2 amide bonds. The molecule has 0 unspecified atom stereocenters. The lowest BCUT2D eigenvalue weighted by Crippen LogP contribution is -2.51. The van der Waals surface area contributed by atoms with Gasteiger partial charge in [-0.1, -0.05) is 37.3 Å². The Hall–Kier alpha value is -3.39. The number of carbonyl (C=O) groups excluding carboxylic acids is 2. The van der Waals surface area contributed by atoms with Crippen molar-refractivity contribution in [2.24, 2.45) is 0 Å². The van der Waals surface area contributed by atoms with E-state index in [1.165, 1.54) is 23.5 Å². The van der Waals surface area contributed by atoms with Crippen molar-refractivity contribution in [3.8, 4) is 5.75 Å². The highest BCUT2D eigenvalue weighted by Gasteiger charge is 2.32. The van der Waals surface area contributed by atoms with Gasteiger partial charge in [0.2, 0.25) is 5.91 Å². The van der Waals surface area contributed by atoms with E-state index in [2.05, 4.69) is 10.6 Å². The van der Waals surface area contributed by atoms with E-state index in [0.29, 0.717) is 12.3 Å². The van der Waals surface area contributed by atoms with Crippen LogP contribution in [0.5, 0.6) is 5.75 Å². The van der Waals surface area contributed by atoms with Crippen molar-refractivity contribution >= 4 is 28.8 Å². The summed E-state index contributed by atoms with van der Waals surface area (Å²) in [6.07, 6.45) is 0.124. The maximum Gasteiger partial charge on any atom is 0.262 e. The third-order valence-corrected chi connectivity index (χ3v) is 6.31. The average Bonchev–Trinajstić information content (AvgIpc) is 3.36. The van der Waals surface area contributed by atoms with Gasteiger partial charge in [-0.3, -0.25) is 9.59 Å². The van der Waals surface area contributed by atoms with Crippen molar-refractivity contribution in [1.29, 1.82) is 0 Å². The summed E-state index contributed by atoms with van der Waals surface area (Å²) >= 11 is 1.52. The van der Waals surface area contributed by atoms with Crippen LogP contribution in [0.4, 0.5) is 10.1 Å². The number of halogens is 1. The molecule has 2 atom stereocenters. The van der Waals surface area contributed by atoms with Crippen LogP contribution in [0.3, 0.4) is 0 Å². The number of carbonyl (C=O) groups is 2. The third kappa shape index (κ3) is 5.51. The number of benzene rings is 2. The lowest BCUT2D eigenvalue weighted by molar-refractivity contribution is -0.128. The van der Waals surface area contributed by atoms with Gasteiger partial charge in [-0.05, 0) is 47.7 Å². The predicted molar refractivity (Wildman–Crippen MR) is 127 cm³/mol. The molecule has 3 aromatic rings. The fraction of sp³-hybridized carbons (Fsp3) is 0.280. The Kier molecular flexibility index (Phi) is 7.24. The van der Waals surface area contributed by atoms with Crippen LogP contribution in [0.2, 0.25) is 0 Å². The minimum atomic E-state index is -0.704. The standard InChI is InChI=1S/C25H26FN3O3S/c1-2-13-27-25(31)21-15-29(19-6-3-4-7-20(19)32-21)16-23(30)28-24(22-8-5-14-33-22)17-9-11-18(26)12-10-17/h3-12,14,21,24H,2,13,15-16H2,1H3,(H,27,31)(H,28,30)/t21-,24+/m0/s1. The number of thiophene rings is 1. The molecule has 2 N–H and O–H groups in total. The summed E-state index contributed by atoms with van der Waals surface area (Å²) in [6.45, 7) is 2.88. The first kappa shape index (κ1) is 22.8. The van der Waals surface area contributed by atoms with Gasteiger partial charge in [0, 0.05) is 11.4 Å². The SMILES string of the molecule is CCCNC(=O)[C@@H]1CN(CC(=O)N[C@H](c2ccc(F)cc2)c2cccs2)c2ccccc2O1. The molecular formula is C25H26FN3O3S. The normalized spacial score (nSPS) is 15.8. The number of para-hydroxylation sites is 2. The molecular weight excluding hydrogens is 441 g/mol. The highest BCUT2D eigenvalue weighted by atomic mass is 32.1. The number of anilines is 1. The van der Waals surface area contributed by atoms with E-state index in [4.69, 9.17) is 4.74 Å². The van der Waals surface area contributed by atoms with Gasteiger partial charge in [0.25, 0.3) is 5.91 Å². The zero-order chi connectivity index (χ0) is 23.2. The zero-order valence-corrected chi connectivity index (χ0v) is 19.1. The Morgan fingerprint density at radius 1 is 1.15 bits per heavy atom. The van der Waals surface area contributed by atoms with Crippen LogP contribution in [-0.2, 0) is 9.59 Å². The molecule has 0 spiro atoms. The molecule has 0 aliphatic carbocycles. The smallest absolute Gasteiger partial charge is 0.262 e. The van der Waals surface area contributed by atoms with Gasteiger partial charge in [-0.15, -0.1) is 11.3 Å². The van der Waals surface area contributed by atoms with Gasteiger partial charge < -0.3 is 20.3 Å². The maximum absolute atomic E-state index is 13.4. The Bertz CT molecular complexity index is 1090. The van der Waals surface area contributed by atoms with Crippen LogP contribution < -0.4 is 20.3 Å². The second-order valence-electron chi connectivity index (χ2n) is 7.81. The van der Waals surface area contributed by atoms with Crippen molar-refractivity contribution in [3.05, 3.63) is 82.3 Å². The molecule has 0 saturated heterocycles. The van der Waals surface area contributed by atoms with Crippen LogP contribution >= 0.6 is 11.3 Å². The fourth-order valence-corrected chi connectivity index (χ4v) is 4.57. The summed E-state index contributed by atoms with van der Waals surface area (Å²) in [5.41, 5.74) is 1.56. The summed E-state index contributed by atoms with van der Waals surface area (Å²) < 4.78 is 19.4. The predicted octanol–water partition coefficient (Wildman–Crippen LogP) is 3.89. The fourth-order valence-electron chi connectivity index (χ4n) is 3.76. The molecule has 0 saturated carbocycles. The van der Waals surface area contributed by atoms with Crippen LogP contribution in [-0.4, -0.2) is 37.6 Å². The Morgan fingerprint density at radius 3 is 2.67 bits per heavy atom. The first-order valence-electron chi connectivity index (χ1n) is 10.9. The molecule has 0 bridgehead atoms. The van der Waals surface area contributed by atoms with Crippen molar-refractivity contribution in [3.63, 3.8) is 0 Å². The first-order chi connectivity index (χ1) is 16.0. The number of ether oxygens (including phenoxy) is 1. The number of rotatable bonds is 8. The van der Waals surface area contributed by atoms with Crippen molar-refractivity contribution in [2.45, 2.75) is 25.5 Å². The Balaban J connectivity index is 1.52. The molecule has 1 aliphatic heterocycles. The lowest BCUT2D eigenvalue weighted by atomic mass is 10.1. The van der Waals surface area contributed by atoms with Gasteiger partial charge >= 0.3 is 0 Å². The number of nitrogens with one attached hydrogen (secondary N) is 2. The van der Waals surface area contributed by atoms with E-state index in [1.807, 2.05) is 47.5 Å². The number of nitrogens with zero attached hydrogens (tertiary/aromatic N) is 1. The minimum absolute atomic E-state index is 0.0565. The molecule has 8 heteroatoms. The summed E-state index contributed by atoms with van der Waals surface area (Å²) in [4.78, 5) is 28.5. The molecule has 1 aromatic heterocycles. The van der Waals surface area contributed by atoms with E-state index in [0.717, 1.165) is 22.5 Å². The molecule has 0 radical (unpaired) electrons. The number of hydrogen-bond acceptors (Lipinski definition) is 5. The molecule has 6 nitrogen and oxygen atoms in total. The van der Waals surface area contributed by atoms with Gasteiger partial charge in [0.1, 0.15) is 11.6 Å². The zero-order valence-electron chi connectivity index (χ0n) is 18.3. The highest BCUT2D eigenvalue weighted by molar-refractivity contribution is 7.10. The van der Waals surface area contributed by atoms with Crippen molar-refractivity contribution in [2.75, 3.05) is 24.5 Å². The van der Waals surface area contributed by atoms with E-state index in [1.54, 1.807) is 18.2 Å². The van der Waals surface area contributed by atoms with Crippen LogP contribution in [0.15, 0.2) is 66.0 Å². The second kappa shape index (κ2) is 10.5. The Labute approximate surface area is 196 Å². The van der Waals surface area contributed by atoms with E-state index in [9.17, 15) is 14.0 Å². The highest BCUT2D eigenvalue weighted by Crippen LogP contribution is 2.33. The monoisotopic (exact) mass is 467 g/mol. The summed E-state index contributed by atoms with van der Waals surface area (Å²) in [5.74, 6) is -0.157. The minimum Gasteiger partial charge on any atom is -0.477 e. The first-order valence-corrected chi connectivity index (χ1v) is 11.8. The molecule has 4 rings (SSSR count). The summed E-state index contributed by atoms with van der Waals surface area (Å²) in [7, 11) is 0. The second-order valence-corrected chi connectivity index (χ2v) is 8.79. The molecule has 0 fully saturated rings. The van der Waals surface area contributed by atoms with Gasteiger partial charge in [0.15, 0.2) is 6.10 Å². The van der Waals surface area contributed by atoms with Gasteiger partial charge in [-0.2, -0.15) is 0 Å². The topological polar surface area (TPSA) is 70.7 Å². The maximum atomic E-state index is 13.4. The summed E-state index contributed by atoms with van der Waals surface area (Å²) in [6, 6.07) is 17.0. The largest absolute Gasteiger partial charge is 0.477 e. The Morgan fingerprint density at radius 2 is 1.94 bits per heavy atom. The van der Waals surface area contributed by atoms with E-state index in [-0.39, 0.29) is 30.7 Å². The molecule has 2 aromatic carbocycles. The van der Waals surface area contributed by atoms with Crippen LogP contribution in [0, 0.1) is 5.82 Å². The molecule has 2 heterocycles. The molecule has 33 heavy (non-hydrogen) atoms. The molecule has 1 aliphatic rings. The number of hydrogen-bond donors (Lipinski definition) is 2. The van der Waals surface area contributed by atoms with Crippen LogP contribution in [0.1, 0.15) is 29.8 Å². The average molecular weight is 468 g/mol. The summed E-state index contributed by atoms with van der Waals surface area (Å²) in [5, 5.41) is 7.88. The van der Waals surface area contributed by atoms with E-state index < -0.39 is 12.1 Å².